The Morgan fingerprint density at radius 1 is 0.947 bits per heavy atom. The maximum absolute atomic E-state index is 11.9. The molecule has 11 heteroatoms. The molecule has 0 atom stereocenters. The highest BCUT2D eigenvalue weighted by molar-refractivity contribution is 5.34. The maximum atomic E-state index is 11.9. The van der Waals surface area contributed by atoms with Crippen LogP contribution in [0.1, 0.15) is 0 Å². The van der Waals surface area contributed by atoms with Gasteiger partial charge in [-0.05, 0) is 0 Å². The van der Waals surface area contributed by atoms with Crippen molar-refractivity contribution in [2.75, 3.05) is 18.9 Å². The minimum Gasteiger partial charge on any atom is -0.468 e. The number of hydrogen-bond acceptors (Lipinski definition) is 5. The summed E-state index contributed by atoms with van der Waals surface area (Å²) in [4.78, 5) is 6.47. The number of alkyl halides is 6. The van der Waals surface area contributed by atoms with Crippen molar-refractivity contribution in [2.45, 2.75) is 12.4 Å². The van der Waals surface area contributed by atoms with E-state index in [0.29, 0.717) is 0 Å². The molecular weight excluding hydrogens is 284 g/mol. The van der Waals surface area contributed by atoms with Crippen molar-refractivity contribution in [3.8, 4) is 11.9 Å². The van der Waals surface area contributed by atoms with E-state index >= 15 is 0 Å². The summed E-state index contributed by atoms with van der Waals surface area (Å²) in [5.41, 5.74) is 5.16. The van der Waals surface area contributed by atoms with Crippen LogP contribution in [0.3, 0.4) is 0 Å². The summed E-state index contributed by atoms with van der Waals surface area (Å²) in [5.74, 6) is -1.02. The summed E-state index contributed by atoms with van der Waals surface area (Å²) >= 11 is 0. The second-order valence-corrected chi connectivity index (χ2v) is 3.22. The van der Waals surface area contributed by atoms with Gasteiger partial charge in [0.15, 0.2) is 13.2 Å². The molecule has 0 aromatic carbocycles. The van der Waals surface area contributed by atoms with Crippen LogP contribution in [-0.2, 0) is 0 Å². The molecule has 2 N–H and O–H groups in total. The van der Waals surface area contributed by atoms with Gasteiger partial charge in [-0.15, -0.1) is 0 Å². The molecule has 0 aliphatic heterocycles. The first-order chi connectivity index (χ1) is 8.55. The van der Waals surface area contributed by atoms with Crippen molar-refractivity contribution in [1.82, 2.24) is 9.97 Å². The fourth-order valence-electron chi connectivity index (χ4n) is 0.861. The third kappa shape index (κ3) is 6.52. The van der Waals surface area contributed by atoms with E-state index in [-0.39, 0.29) is 5.82 Å². The van der Waals surface area contributed by atoms with Gasteiger partial charge in [-0.2, -0.15) is 36.3 Å². The Labute approximate surface area is 102 Å². The number of ether oxygens (including phenoxy) is 2. The van der Waals surface area contributed by atoms with E-state index in [2.05, 4.69) is 19.4 Å². The lowest BCUT2D eigenvalue weighted by molar-refractivity contribution is -0.155. The fraction of sp³-hybridized carbons (Fsp3) is 0.500. The van der Waals surface area contributed by atoms with E-state index in [1.807, 2.05) is 0 Å². The van der Waals surface area contributed by atoms with Crippen molar-refractivity contribution in [2.24, 2.45) is 0 Å². The lowest BCUT2D eigenvalue weighted by Crippen LogP contribution is -2.21. The molecule has 108 valence electrons. The van der Waals surface area contributed by atoms with Crippen LogP contribution in [-0.4, -0.2) is 35.5 Å². The number of anilines is 1. The molecule has 0 saturated carbocycles. The fourth-order valence-corrected chi connectivity index (χ4v) is 0.861. The van der Waals surface area contributed by atoms with E-state index in [4.69, 9.17) is 5.73 Å². The monoisotopic (exact) mass is 291 g/mol. The summed E-state index contributed by atoms with van der Waals surface area (Å²) in [6.07, 6.45) is -9.26. The number of halogens is 6. The number of nitrogens with zero attached hydrogens (tertiary/aromatic N) is 2. The average molecular weight is 291 g/mol. The smallest absolute Gasteiger partial charge is 0.422 e. The standard InChI is InChI=1S/C8H7F6N3O2/c9-7(10,11)2-18-5-1-4(15)16-6(17-5)19-3-8(12,13)14/h1H,2-3H2,(H2,15,16,17). The lowest BCUT2D eigenvalue weighted by atomic mass is 10.5. The van der Waals surface area contributed by atoms with Gasteiger partial charge in [0.1, 0.15) is 5.82 Å². The quantitative estimate of drug-likeness (QED) is 0.858. The Hall–Kier alpha value is -1.94. The van der Waals surface area contributed by atoms with Gasteiger partial charge in [0.2, 0.25) is 5.88 Å². The predicted molar refractivity (Wildman–Crippen MR) is 49.5 cm³/mol. The molecule has 1 aromatic rings. The van der Waals surface area contributed by atoms with Crippen molar-refractivity contribution in [3.05, 3.63) is 6.07 Å². The molecule has 0 amide bonds. The topological polar surface area (TPSA) is 70.3 Å². The van der Waals surface area contributed by atoms with E-state index < -0.39 is 37.5 Å². The highest BCUT2D eigenvalue weighted by Crippen LogP contribution is 2.21. The molecule has 1 heterocycles. The summed E-state index contributed by atoms with van der Waals surface area (Å²) in [6.45, 7) is -3.36. The number of aromatic nitrogens is 2. The first kappa shape index (κ1) is 15.1. The summed E-state index contributed by atoms with van der Waals surface area (Å²) in [6, 6.07) is 0.00105. The normalized spacial score (nSPS) is 12.3. The van der Waals surface area contributed by atoms with Crippen molar-refractivity contribution < 1.29 is 35.8 Å². The summed E-state index contributed by atoms with van der Waals surface area (Å²) in [7, 11) is 0. The molecule has 1 aromatic heterocycles. The highest BCUT2D eigenvalue weighted by atomic mass is 19.4. The third-order valence-electron chi connectivity index (χ3n) is 1.45. The molecular formula is C8H7F6N3O2. The lowest BCUT2D eigenvalue weighted by Gasteiger charge is -2.11. The first-order valence-electron chi connectivity index (χ1n) is 4.59. The van der Waals surface area contributed by atoms with Gasteiger partial charge in [0, 0.05) is 6.07 Å². The van der Waals surface area contributed by atoms with Crippen LogP contribution in [0.25, 0.3) is 0 Å². The zero-order valence-corrected chi connectivity index (χ0v) is 9.05. The molecule has 5 nitrogen and oxygen atoms in total. The zero-order valence-electron chi connectivity index (χ0n) is 9.05. The molecule has 19 heavy (non-hydrogen) atoms. The molecule has 0 fully saturated rings. The Morgan fingerprint density at radius 2 is 1.47 bits per heavy atom. The minimum absolute atomic E-state index is 0.385. The molecule has 0 saturated heterocycles. The van der Waals surface area contributed by atoms with Crippen molar-refractivity contribution in [1.29, 1.82) is 0 Å². The molecule has 0 spiro atoms. The van der Waals surface area contributed by atoms with E-state index in [1.165, 1.54) is 0 Å². The summed E-state index contributed by atoms with van der Waals surface area (Å²) in [5, 5.41) is 0. The molecule has 1 rings (SSSR count). The van der Waals surface area contributed by atoms with Gasteiger partial charge in [0.25, 0.3) is 0 Å². The maximum Gasteiger partial charge on any atom is 0.422 e. The van der Waals surface area contributed by atoms with Crippen molar-refractivity contribution >= 4 is 5.82 Å². The molecule has 0 aliphatic carbocycles. The second-order valence-electron chi connectivity index (χ2n) is 3.22. The summed E-state index contributed by atoms with van der Waals surface area (Å²) < 4.78 is 79.5. The van der Waals surface area contributed by atoms with Crippen LogP contribution in [0, 0.1) is 0 Å². The second kappa shape index (κ2) is 5.36. The van der Waals surface area contributed by atoms with Gasteiger partial charge in [-0.3, -0.25) is 0 Å². The van der Waals surface area contributed by atoms with Crippen LogP contribution in [0.15, 0.2) is 6.07 Å². The van der Waals surface area contributed by atoms with Gasteiger partial charge < -0.3 is 15.2 Å². The number of nitrogen functional groups attached to an aromatic ring is 1. The molecule has 0 aliphatic rings. The zero-order chi connectivity index (χ0) is 14.7. The van der Waals surface area contributed by atoms with Crippen LogP contribution >= 0.6 is 0 Å². The molecule has 0 radical (unpaired) electrons. The number of nitrogens with two attached hydrogens (primary N) is 1. The number of hydrogen-bond donors (Lipinski definition) is 1. The van der Waals surface area contributed by atoms with E-state index in [1.54, 1.807) is 0 Å². The van der Waals surface area contributed by atoms with Crippen LogP contribution in [0.2, 0.25) is 0 Å². The Morgan fingerprint density at radius 3 is 2.00 bits per heavy atom. The Kier molecular flexibility index (Phi) is 4.27. The van der Waals surface area contributed by atoms with Gasteiger partial charge in [0.05, 0.1) is 0 Å². The number of rotatable bonds is 4. The Balaban J connectivity index is 2.71. The SMILES string of the molecule is Nc1cc(OCC(F)(F)F)nc(OCC(F)(F)F)n1. The van der Waals surface area contributed by atoms with Gasteiger partial charge in [-0.25, -0.2) is 0 Å². The molecule has 0 bridgehead atoms. The minimum atomic E-state index is -4.64. The van der Waals surface area contributed by atoms with E-state index in [0.717, 1.165) is 6.07 Å². The predicted octanol–water partition coefficient (Wildman–Crippen LogP) is 1.94. The Bertz CT molecular complexity index is 397. The van der Waals surface area contributed by atoms with Crippen molar-refractivity contribution in [3.63, 3.8) is 0 Å². The largest absolute Gasteiger partial charge is 0.468 e. The van der Waals surface area contributed by atoms with Crippen LogP contribution in [0.5, 0.6) is 11.9 Å². The van der Waals surface area contributed by atoms with Crippen LogP contribution in [0.4, 0.5) is 32.2 Å². The highest BCUT2D eigenvalue weighted by Gasteiger charge is 2.30. The molecule has 0 unspecified atom stereocenters. The van der Waals surface area contributed by atoms with E-state index in [9.17, 15) is 26.3 Å². The van der Waals surface area contributed by atoms with Gasteiger partial charge >= 0.3 is 18.4 Å². The van der Waals surface area contributed by atoms with Gasteiger partial charge in [-0.1, -0.05) is 0 Å². The average Bonchev–Trinajstić information content (AvgIpc) is 2.21. The van der Waals surface area contributed by atoms with Crippen LogP contribution < -0.4 is 15.2 Å². The first-order valence-corrected chi connectivity index (χ1v) is 4.59. The third-order valence-corrected chi connectivity index (χ3v) is 1.45.